The van der Waals surface area contributed by atoms with E-state index in [1.54, 1.807) is 126 Å². The molecule has 0 bridgehead atoms. The van der Waals surface area contributed by atoms with Gasteiger partial charge in [-0.2, -0.15) is 9.80 Å². The molecule has 31 heteroatoms. The van der Waals surface area contributed by atoms with Gasteiger partial charge in [0.15, 0.2) is 0 Å². The molecule has 8 N–H and O–H groups in total. The van der Waals surface area contributed by atoms with Gasteiger partial charge in [-0.3, -0.25) is 38.4 Å². The summed E-state index contributed by atoms with van der Waals surface area (Å²) in [7, 11) is 0. The highest BCUT2D eigenvalue weighted by molar-refractivity contribution is 9.10. The van der Waals surface area contributed by atoms with Crippen LogP contribution >= 0.6 is 15.9 Å². The Balaban J connectivity index is 0.000000233. The Bertz CT molecular complexity index is 5040. The molecule has 0 aliphatic carbocycles. The summed E-state index contributed by atoms with van der Waals surface area (Å²) in [6, 6.07) is 27.9. The molecule has 0 atom stereocenters. The van der Waals surface area contributed by atoms with E-state index in [1.807, 2.05) is 111 Å². The molecule has 30 nitrogen and oxygen atoms in total. The molecule has 5 aromatic carbocycles. The number of imide groups is 2. The smallest absolute Gasteiger partial charge is 0.425 e. The second-order valence-electron chi connectivity index (χ2n) is 34.7. The van der Waals surface area contributed by atoms with Crippen LogP contribution in [0.2, 0.25) is 0 Å². The zero-order valence-corrected chi connectivity index (χ0v) is 75.3. The summed E-state index contributed by atoms with van der Waals surface area (Å²) >= 11 is 3.42. The number of benzene rings is 5. The van der Waals surface area contributed by atoms with Crippen molar-refractivity contribution in [2.24, 2.45) is 37.9 Å². The Morgan fingerprint density at radius 3 is 1.01 bits per heavy atom. The maximum absolute atomic E-state index is 14.1. The Morgan fingerprint density at radius 2 is 0.707 bits per heavy atom. The minimum atomic E-state index is -1.01. The van der Waals surface area contributed by atoms with Crippen molar-refractivity contribution in [3.8, 4) is 22.3 Å². The van der Waals surface area contributed by atoms with Crippen molar-refractivity contribution in [3.63, 3.8) is 0 Å². The van der Waals surface area contributed by atoms with Crippen LogP contribution in [0.3, 0.4) is 0 Å². The average Bonchev–Trinajstić information content (AvgIpc) is 1.54. The fourth-order valence-corrected chi connectivity index (χ4v) is 14.5. The van der Waals surface area contributed by atoms with E-state index in [2.05, 4.69) is 25.9 Å². The van der Waals surface area contributed by atoms with E-state index in [9.17, 15) is 57.5 Å². The highest BCUT2D eigenvalue weighted by atomic mass is 79.9. The van der Waals surface area contributed by atoms with E-state index in [1.165, 1.54) is 14.7 Å². The summed E-state index contributed by atoms with van der Waals surface area (Å²) in [4.78, 5) is 179. The third kappa shape index (κ3) is 27.4. The molecule has 0 spiro atoms. The third-order valence-corrected chi connectivity index (χ3v) is 19.7. The van der Waals surface area contributed by atoms with Crippen LogP contribution in [0, 0.1) is 13.8 Å². The predicted octanol–water partition coefficient (Wildman–Crippen LogP) is 15.2. The quantitative estimate of drug-likeness (QED) is 0.0558. The van der Waals surface area contributed by atoms with E-state index >= 15 is 0 Å². The van der Waals surface area contributed by atoms with Crippen molar-refractivity contribution in [1.82, 2.24) is 34.3 Å². The summed E-state index contributed by atoms with van der Waals surface area (Å²) in [5.74, 6) is -2.84. The van der Waals surface area contributed by atoms with Gasteiger partial charge in [-0.15, -0.1) is 0 Å². The van der Waals surface area contributed by atoms with E-state index in [0.29, 0.717) is 88.0 Å². The van der Waals surface area contributed by atoms with E-state index in [4.69, 9.17) is 46.9 Å². The van der Waals surface area contributed by atoms with Gasteiger partial charge in [-0.25, -0.2) is 34.2 Å². The molecular formula is C92H117BrN14O16. The van der Waals surface area contributed by atoms with Gasteiger partial charge in [0.2, 0.25) is 17.7 Å². The molecule has 0 unspecified atom stereocenters. The fraction of sp³-hybridized carbons (Fsp3) is 0.446. The molecule has 0 saturated carbocycles. The van der Waals surface area contributed by atoms with Crippen molar-refractivity contribution in [1.29, 1.82) is 0 Å². The highest BCUT2D eigenvalue weighted by Crippen LogP contribution is 2.39. The largest absolute Gasteiger partial charge is 0.443 e. The van der Waals surface area contributed by atoms with Crippen LogP contribution in [-0.2, 0) is 47.7 Å². The Hall–Kier alpha value is -12.2. The number of carbonyl (C=O) groups excluding carboxylic acids is 12. The second-order valence-corrected chi connectivity index (χ2v) is 35.6. The lowest BCUT2D eigenvalue weighted by molar-refractivity contribution is -0.132. The minimum Gasteiger partial charge on any atom is -0.443 e. The Kier molecular flexibility index (Phi) is 32.6. The van der Waals surface area contributed by atoms with Crippen LogP contribution < -0.4 is 22.9 Å². The van der Waals surface area contributed by atoms with Crippen LogP contribution in [0.4, 0.5) is 36.2 Å². The molecule has 5 heterocycles. The number of fused-ring (bicyclic) bond motifs is 3. The molecule has 0 aromatic heterocycles. The Labute approximate surface area is 728 Å². The number of hydrogen-bond acceptors (Lipinski definition) is 20. The number of amides is 12. The minimum absolute atomic E-state index is 0.0131. The predicted molar refractivity (Wildman–Crippen MR) is 478 cm³/mol. The lowest BCUT2D eigenvalue weighted by Crippen LogP contribution is -2.47. The van der Waals surface area contributed by atoms with Crippen molar-refractivity contribution in [2.75, 3.05) is 65.4 Å². The summed E-state index contributed by atoms with van der Waals surface area (Å²) in [6.07, 6.45) is 6.79. The van der Waals surface area contributed by atoms with Gasteiger partial charge in [-0.1, -0.05) is 61.0 Å². The maximum Gasteiger partial charge on any atom is 0.425 e. The standard InChI is InChI=1S/C38H49N5O7.C28H33N5O3.C26H35BrN4O6/c1-9-16-42(23-31(39)44)34(46)28-21-27-20-25(29-14-12-26(19-24(29)2)33(45)41-17-10-11-18-41)13-15-30(27)40-32(22-28)43(35(47)49-37(3,4)5)36(48)50-38(6,7)8;1-3-10-33(17-26(30)34)28(36)22-15-21-14-19(7-9-24(21)31-25(29)16-22)23-8-6-20(13-18(23)2)27(35)32-11-4-5-12-32;1-8-11-30(15-20(28)32)22(33)17-12-16-13-18(27)9-10-19(16)29-21(14-17)31(23(34)36-25(2,3)4)24(35)37-26(5,6)7/h12-15,19-21H,9-11,16-18,22-23H2,1-8H3,(H2,39,44);6-9,13-15H,3-5,10-12,16-17H2,1-2H3,(H2,29,31)(H2,30,34);9-10,12-13H,8,11,14-15H2,1-7H3,(H2,28,32). The number of likely N-dealkylation sites (tertiary alicyclic amines) is 2. The molecule has 123 heavy (non-hydrogen) atoms. The average molecular weight is 1750 g/mol. The molecule has 0 radical (unpaired) electrons. The van der Waals surface area contributed by atoms with E-state index < -0.39 is 76.3 Å². The van der Waals surface area contributed by atoms with E-state index in [-0.39, 0.29) is 86.0 Å². The summed E-state index contributed by atoms with van der Waals surface area (Å²) in [6.45, 7) is 33.0. The number of halogens is 1. The van der Waals surface area contributed by atoms with Crippen molar-refractivity contribution in [2.45, 2.75) is 204 Å². The van der Waals surface area contributed by atoms with Crippen LogP contribution in [0.25, 0.3) is 40.5 Å². The zero-order valence-electron chi connectivity index (χ0n) is 73.7. The molecule has 2 saturated heterocycles. The van der Waals surface area contributed by atoms with Gasteiger partial charge in [-0.05, 0) is 260 Å². The van der Waals surface area contributed by atoms with Crippen molar-refractivity contribution >= 4 is 140 Å². The number of carbonyl (C=O) groups is 12. The number of aliphatic imine (C=N–C) groups is 3. The third-order valence-electron chi connectivity index (χ3n) is 19.2. The number of primary amides is 3. The van der Waals surface area contributed by atoms with E-state index in [0.717, 1.165) is 100 Å². The Morgan fingerprint density at radius 1 is 0.407 bits per heavy atom. The first kappa shape index (κ1) is 96.3. The maximum atomic E-state index is 14.1. The molecule has 5 aliphatic rings. The van der Waals surface area contributed by atoms with Gasteiger partial charge in [0.25, 0.3) is 29.5 Å². The number of nitrogens with two attached hydrogens (primary N) is 4. The first-order chi connectivity index (χ1) is 57.6. The molecule has 12 amide bonds. The number of hydrogen-bond donors (Lipinski definition) is 4. The van der Waals surface area contributed by atoms with Gasteiger partial charge < -0.3 is 66.4 Å². The number of aryl methyl sites for hydroxylation is 2. The first-order valence-electron chi connectivity index (χ1n) is 41.4. The fourth-order valence-electron chi connectivity index (χ4n) is 14.1. The van der Waals surface area contributed by atoms with Gasteiger partial charge in [0.05, 0.1) is 36.7 Å². The monoisotopic (exact) mass is 1750 g/mol. The normalized spacial score (nSPS) is 14.3. The van der Waals surface area contributed by atoms with Gasteiger partial charge in [0.1, 0.15) is 39.9 Å². The van der Waals surface area contributed by atoms with Crippen LogP contribution in [0.1, 0.15) is 217 Å². The molecular weight excluding hydrogens is 1640 g/mol. The zero-order chi connectivity index (χ0) is 90.9. The number of amidine groups is 3. The molecule has 2 fully saturated rings. The number of rotatable bonds is 19. The van der Waals surface area contributed by atoms with Gasteiger partial charge >= 0.3 is 24.4 Å². The molecule has 658 valence electrons. The number of nitrogens with zero attached hydrogens (tertiary/aromatic N) is 10. The number of ether oxygens (including phenoxy) is 4. The van der Waals surface area contributed by atoms with Crippen molar-refractivity contribution in [3.05, 3.63) is 151 Å². The summed E-state index contributed by atoms with van der Waals surface area (Å²) < 4.78 is 22.9. The first-order valence-corrected chi connectivity index (χ1v) is 42.2. The lowest BCUT2D eigenvalue weighted by Gasteiger charge is -2.29. The SMILES string of the molecule is CCCN(CC(N)=O)C(=O)C1=Cc2cc(-c3ccc(C(=O)N4CCCC4)cc3C)ccc2N=C(N(C(=O)OC(C)(C)C)C(=O)OC(C)(C)C)C1.CCCN(CC(N)=O)C(=O)C1=Cc2cc(-c3ccc(C(=O)N4CCCC4)cc3C)ccc2N=C(N)C1.CCCN(CC(N)=O)C(=O)C1=Cc2cc(Br)ccc2N=C(N(C(=O)OC(C)(C)C)C(=O)OC(C)(C)C)C1. The van der Waals surface area contributed by atoms with Gasteiger partial charge in [0, 0.05) is 114 Å². The molecule has 5 aromatic rings. The lowest BCUT2D eigenvalue weighted by atomic mass is 9.95. The second kappa shape index (κ2) is 41.6. The topological polar surface area (TPSA) is 406 Å². The van der Waals surface area contributed by atoms with Crippen molar-refractivity contribution < 1.29 is 76.5 Å². The van der Waals surface area contributed by atoms with Crippen LogP contribution in [-0.4, -0.2) is 211 Å². The van der Waals surface area contributed by atoms with Crippen LogP contribution in [0.15, 0.2) is 127 Å². The summed E-state index contributed by atoms with van der Waals surface area (Å²) in [5.41, 5.74) is 29.7. The highest BCUT2D eigenvalue weighted by Gasteiger charge is 2.40. The summed E-state index contributed by atoms with van der Waals surface area (Å²) in [5, 5.41) is 0. The molecule has 5 aliphatic heterocycles. The van der Waals surface area contributed by atoms with Crippen LogP contribution in [0.5, 0.6) is 0 Å². The molecule has 10 rings (SSSR count).